The molecule has 0 aliphatic carbocycles. The number of nitrogens with two attached hydrogens (primary N) is 1. The van der Waals surface area contributed by atoms with E-state index in [2.05, 4.69) is 44.4 Å². The number of primary amides is 1. The zero-order chi connectivity index (χ0) is 20.8. The Balaban J connectivity index is 0.00000176. The molecule has 1 aliphatic heterocycles. The van der Waals surface area contributed by atoms with Crippen molar-refractivity contribution in [2.24, 2.45) is 11.7 Å². The summed E-state index contributed by atoms with van der Waals surface area (Å²) in [6.45, 7) is 8.18. The van der Waals surface area contributed by atoms with Crippen LogP contribution in [0.2, 0.25) is 0 Å². The predicted molar refractivity (Wildman–Crippen MR) is 101 cm³/mol. The summed E-state index contributed by atoms with van der Waals surface area (Å²) in [7, 11) is 4.20. The molecular formula is C20H26F2N3O2+. The van der Waals surface area contributed by atoms with Crippen molar-refractivity contribution in [1.29, 1.82) is 0 Å². The number of nitrogens with zero attached hydrogens (tertiary/aromatic N) is 1. The zero-order valence-corrected chi connectivity index (χ0v) is 15.8. The van der Waals surface area contributed by atoms with Crippen molar-refractivity contribution < 1.29 is 22.9 Å². The molecule has 2 rings (SSSR count). The first-order valence-electron chi connectivity index (χ1n) is 8.44. The summed E-state index contributed by atoms with van der Waals surface area (Å²) in [5.74, 6) is 3.22. The monoisotopic (exact) mass is 378 g/mol. The van der Waals surface area contributed by atoms with Gasteiger partial charge in [-0.05, 0) is 30.2 Å². The lowest BCUT2D eigenvalue weighted by atomic mass is 10.0. The van der Waals surface area contributed by atoms with E-state index in [1.165, 1.54) is 12.1 Å². The molecule has 1 saturated heterocycles. The molecule has 0 saturated carbocycles. The Morgan fingerprint density at radius 1 is 1.26 bits per heavy atom. The van der Waals surface area contributed by atoms with Crippen LogP contribution < -0.4 is 11.1 Å². The van der Waals surface area contributed by atoms with Gasteiger partial charge in [0.2, 0.25) is 18.4 Å². The van der Waals surface area contributed by atoms with Gasteiger partial charge < -0.3 is 15.5 Å². The number of nitrogens with one attached hydrogen (secondary N) is 1. The Bertz CT molecular complexity index is 736. The number of carbonyl (C=O) groups excluding carboxylic acids is 2. The van der Waals surface area contributed by atoms with Gasteiger partial charge in [0.05, 0.1) is 14.1 Å². The number of halogens is 2. The molecule has 1 aromatic rings. The van der Waals surface area contributed by atoms with E-state index in [-0.39, 0.29) is 5.56 Å². The Morgan fingerprint density at radius 3 is 2.19 bits per heavy atom. The quantitative estimate of drug-likeness (QED) is 0.355. The second-order valence-corrected chi connectivity index (χ2v) is 6.87. The fraction of sp³-hybridized carbons (Fsp3) is 0.400. The normalized spacial score (nSPS) is 18.8. The minimum absolute atomic E-state index is 0.251. The van der Waals surface area contributed by atoms with Gasteiger partial charge >= 0.3 is 0 Å². The summed E-state index contributed by atoms with van der Waals surface area (Å²) in [5, 5.41) is 2.27. The fourth-order valence-electron chi connectivity index (χ4n) is 2.32. The fourth-order valence-corrected chi connectivity index (χ4v) is 2.32. The predicted octanol–water partition coefficient (Wildman–Crippen LogP) is 1.78. The van der Waals surface area contributed by atoms with Crippen molar-refractivity contribution in [3.05, 3.63) is 48.6 Å². The van der Waals surface area contributed by atoms with E-state index in [4.69, 9.17) is 5.73 Å². The van der Waals surface area contributed by atoms with E-state index >= 15 is 0 Å². The molecule has 0 bridgehead atoms. The molecule has 3 atom stereocenters. The van der Waals surface area contributed by atoms with Gasteiger partial charge in [0.1, 0.15) is 12.6 Å². The molecule has 1 fully saturated rings. The lowest BCUT2D eigenvalue weighted by Crippen LogP contribution is -2.50. The van der Waals surface area contributed by atoms with E-state index in [9.17, 15) is 18.4 Å². The number of benzene rings is 1. The van der Waals surface area contributed by atoms with E-state index in [1.54, 1.807) is 12.1 Å². The van der Waals surface area contributed by atoms with Crippen molar-refractivity contribution in [3.63, 3.8) is 0 Å². The molecule has 3 N–H and O–H groups in total. The minimum Gasteiger partial charge on any atom is -0.368 e. The maximum atomic E-state index is 12.8. The van der Waals surface area contributed by atoms with Crippen LogP contribution in [0, 0.1) is 17.8 Å². The standard InChI is InChI=1S/C18H21F2N3O2.C2H4/c1-11(16(19)20)15(17(21)24)22-18(25)13-7-4-12(5-8-13)6-9-14-10-23(14,2)3;1-2/h4-5,7-8,11,14-16H,10H2,1-3H3,(H2-,21,22,24,25);1-2H2/p+1. The van der Waals surface area contributed by atoms with Crippen molar-refractivity contribution in [2.45, 2.75) is 25.4 Å². The third kappa shape index (κ3) is 6.19. The summed E-state index contributed by atoms with van der Waals surface area (Å²) in [6, 6.07) is 5.34. The molecule has 2 amide bonds. The molecule has 1 heterocycles. The second-order valence-electron chi connectivity index (χ2n) is 6.87. The number of rotatable bonds is 5. The third-order valence-electron chi connectivity index (χ3n) is 4.40. The first kappa shape index (κ1) is 22.3. The molecule has 1 aliphatic rings. The largest absolute Gasteiger partial charge is 0.368 e. The van der Waals surface area contributed by atoms with Crippen LogP contribution in [0.25, 0.3) is 0 Å². The maximum absolute atomic E-state index is 12.8. The van der Waals surface area contributed by atoms with Gasteiger partial charge in [0, 0.05) is 17.0 Å². The summed E-state index contributed by atoms with van der Waals surface area (Å²) in [5.41, 5.74) is 6.13. The van der Waals surface area contributed by atoms with Crippen LogP contribution in [0.3, 0.4) is 0 Å². The Hall–Kier alpha value is -2.72. The Labute approximate surface area is 158 Å². The number of carbonyl (C=O) groups is 2. The van der Waals surface area contributed by atoms with Crippen molar-refractivity contribution in [3.8, 4) is 11.8 Å². The first-order chi connectivity index (χ1) is 12.6. The highest BCUT2D eigenvalue weighted by atomic mass is 19.3. The number of quaternary nitrogens is 1. The number of amides is 2. The molecular weight excluding hydrogens is 352 g/mol. The summed E-state index contributed by atoms with van der Waals surface area (Å²) < 4.78 is 26.4. The summed E-state index contributed by atoms with van der Waals surface area (Å²) in [4.78, 5) is 23.5. The number of hydrogen-bond acceptors (Lipinski definition) is 2. The zero-order valence-electron chi connectivity index (χ0n) is 15.8. The summed E-state index contributed by atoms with van der Waals surface area (Å²) in [6.07, 6.45) is -2.76. The first-order valence-corrected chi connectivity index (χ1v) is 8.44. The van der Waals surface area contributed by atoms with Crippen LogP contribution in [-0.2, 0) is 4.79 Å². The van der Waals surface area contributed by atoms with Gasteiger partial charge in [-0.2, -0.15) is 0 Å². The van der Waals surface area contributed by atoms with Gasteiger partial charge in [-0.3, -0.25) is 9.59 Å². The van der Waals surface area contributed by atoms with Gasteiger partial charge in [0.25, 0.3) is 5.91 Å². The van der Waals surface area contributed by atoms with E-state index in [1.807, 2.05) is 0 Å². The van der Waals surface area contributed by atoms with Crippen LogP contribution in [0.5, 0.6) is 0 Å². The lowest BCUT2D eigenvalue weighted by molar-refractivity contribution is -0.763. The molecule has 0 radical (unpaired) electrons. The van der Waals surface area contributed by atoms with Crippen molar-refractivity contribution in [2.75, 3.05) is 20.6 Å². The third-order valence-corrected chi connectivity index (χ3v) is 4.40. The molecule has 0 spiro atoms. The van der Waals surface area contributed by atoms with Gasteiger partial charge in [-0.1, -0.05) is 12.8 Å². The molecule has 146 valence electrons. The van der Waals surface area contributed by atoms with Gasteiger partial charge in [-0.25, -0.2) is 8.78 Å². The number of hydrogen-bond donors (Lipinski definition) is 2. The highest BCUT2D eigenvalue weighted by Crippen LogP contribution is 2.23. The highest BCUT2D eigenvalue weighted by Gasteiger charge is 2.45. The SMILES string of the molecule is C=C.CC(C(F)F)C(NC(=O)c1ccc(C#CC2C[N+]2(C)C)cc1)C(N)=O. The number of alkyl halides is 2. The van der Waals surface area contributed by atoms with Crippen LogP contribution >= 0.6 is 0 Å². The highest BCUT2D eigenvalue weighted by molar-refractivity contribution is 5.97. The molecule has 7 heteroatoms. The number of likely N-dealkylation sites (N-methyl/N-ethyl adjacent to an activating group) is 1. The lowest BCUT2D eigenvalue weighted by Gasteiger charge is -2.21. The maximum Gasteiger partial charge on any atom is 0.251 e. The van der Waals surface area contributed by atoms with Crippen LogP contribution in [0.1, 0.15) is 22.8 Å². The van der Waals surface area contributed by atoms with E-state index in [0.29, 0.717) is 6.04 Å². The van der Waals surface area contributed by atoms with Crippen LogP contribution in [-0.4, -0.2) is 55.4 Å². The van der Waals surface area contributed by atoms with E-state index in [0.717, 1.165) is 23.5 Å². The average molecular weight is 378 g/mol. The van der Waals surface area contributed by atoms with Gasteiger partial charge in [0.15, 0.2) is 0 Å². The molecule has 27 heavy (non-hydrogen) atoms. The Kier molecular flexibility index (Phi) is 7.68. The second kappa shape index (κ2) is 9.28. The minimum atomic E-state index is -2.76. The molecule has 1 aromatic carbocycles. The molecule has 0 aromatic heterocycles. The van der Waals surface area contributed by atoms with Crippen molar-refractivity contribution in [1.82, 2.24) is 5.32 Å². The van der Waals surface area contributed by atoms with Crippen LogP contribution in [0.4, 0.5) is 8.78 Å². The topological polar surface area (TPSA) is 72.2 Å². The smallest absolute Gasteiger partial charge is 0.251 e. The van der Waals surface area contributed by atoms with Crippen molar-refractivity contribution >= 4 is 11.8 Å². The molecule has 3 unspecified atom stereocenters. The average Bonchev–Trinajstić information content (AvgIpc) is 3.25. The summed E-state index contributed by atoms with van der Waals surface area (Å²) >= 11 is 0. The molecule has 5 nitrogen and oxygen atoms in total. The van der Waals surface area contributed by atoms with E-state index < -0.39 is 30.2 Å². The van der Waals surface area contributed by atoms with Gasteiger partial charge in [-0.15, -0.1) is 13.2 Å². The van der Waals surface area contributed by atoms with Crippen LogP contribution in [0.15, 0.2) is 37.4 Å². The Morgan fingerprint density at radius 2 is 1.78 bits per heavy atom.